The van der Waals surface area contributed by atoms with Gasteiger partial charge < -0.3 is 11.1 Å². The van der Waals surface area contributed by atoms with Crippen molar-refractivity contribution < 1.29 is 4.79 Å². The van der Waals surface area contributed by atoms with E-state index in [0.29, 0.717) is 0 Å². The number of H-pyrrole nitrogens is 1. The zero-order valence-electron chi connectivity index (χ0n) is 10.8. The Morgan fingerprint density at radius 3 is 2.72 bits per heavy atom. The molecule has 102 valence electrons. The molecule has 0 saturated heterocycles. The largest absolute Gasteiger partial charge is 0.328 e. The van der Waals surface area contributed by atoms with Crippen LogP contribution in [0.15, 0.2) is 0 Å². The van der Waals surface area contributed by atoms with E-state index < -0.39 is 0 Å². The summed E-state index contributed by atoms with van der Waals surface area (Å²) in [5.74, 6) is 0.125. The Morgan fingerprint density at radius 1 is 1.44 bits per heavy atom. The monoisotopic (exact) mass is 272 g/mol. The summed E-state index contributed by atoms with van der Waals surface area (Å²) in [6.07, 6.45) is 3.81. The Balaban J connectivity index is 0.00000162. The van der Waals surface area contributed by atoms with Crippen LogP contribution in [0.5, 0.6) is 0 Å². The second-order valence-electron chi connectivity index (χ2n) is 4.92. The zero-order valence-corrected chi connectivity index (χ0v) is 11.6. The van der Waals surface area contributed by atoms with Gasteiger partial charge in [0, 0.05) is 12.0 Å². The standard InChI is InChI=1S/C12H20N4O.ClH/c1-7-11(8(2)16-15-7)14-12(17)9-4-3-5-10(13)6-9;/h9-10H,3-6,13H2,1-2H3,(H,14,17)(H,15,16);1H. The van der Waals surface area contributed by atoms with Crippen molar-refractivity contribution in [3.8, 4) is 0 Å². The number of carbonyl (C=O) groups is 1. The lowest BCUT2D eigenvalue weighted by molar-refractivity contribution is -0.120. The summed E-state index contributed by atoms with van der Waals surface area (Å²) in [5.41, 5.74) is 8.44. The zero-order chi connectivity index (χ0) is 12.4. The number of rotatable bonds is 2. The van der Waals surface area contributed by atoms with Crippen molar-refractivity contribution in [2.24, 2.45) is 11.7 Å². The average Bonchev–Trinajstić information content (AvgIpc) is 2.61. The van der Waals surface area contributed by atoms with E-state index in [4.69, 9.17) is 5.73 Å². The molecule has 2 rings (SSSR count). The maximum atomic E-state index is 12.1. The molecule has 2 atom stereocenters. The fourth-order valence-corrected chi connectivity index (χ4v) is 2.43. The molecular weight excluding hydrogens is 252 g/mol. The number of aryl methyl sites for hydroxylation is 2. The smallest absolute Gasteiger partial charge is 0.227 e. The predicted molar refractivity (Wildman–Crippen MR) is 73.9 cm³/mol. The van der Waals surface area contributed by atoms with Gasteiger partial charge >= 0.3 is 0 Å². The third-order valence-electron chi connectivity index (χ3n) is 3.46. The fourth-order valence-electron chi connectivity index (χ4n) is 2.43. The number of nitrogens with zero attached hydrogens (tertiary/aromatic N) is 1. The van der Waals surface area contributed by atoms with Gasteiger partial charge in [-0.05, 0) is 33.1 Å². The maximum Gasteiger partial charge on any atom is 0.227 e. The molecule has 0 spiro atoms. The first kappa shape index (κ1) is 15.0. The molecular formula is C12H21ClN4O. The van der Waals surface area contributed by atoms with Crippen LogP contribution < -0.4 is 11.1 Å². The van der Waals surface area contributed by atoms with Crippen LogP contribution in [0.4, 0.5) is 5.69 Å². The molecule has 1 saturated carbocycles. The fraction of sp³-hybridized carbons (Fsp3) is 0.667. The number of aromatic nitrogens is 2. The lowest BCUT2D eigenvalue weighted by Gasteiger charge is -2.25. The van der Waals surface area contributed by atoms with E-state index >= 15 is 0 Å². The van der Waals surface area contributed by atoms with Gasteiger partial charge in [0.2, 0.25) is 5.91 Å². The van der Waals surface area contributed by atoms with Crippen molar-refractivity contribution in [1.29, 1.82) is 0 Å². The molecule has 0 aliphatic heterocycles. The van der Waals surface area contributed by atoms with Crippen LogP contribution in [0.25, 0.3) is 0 Å². The highest BCUT2D eigenvalue weighted by molar-refractivity contribution is 5.93. The molecule has 1 aromatic heterocycles. The van der Waals surface area contributed by atoms with Gasteiger partial charge in [-0.15, -0.1) is 12.4 Å². The Bertz CT molecular complexity index is 399. The van der Waals surface area contributed by atoms with Gasteiger partial charge in [0.1, 0.15) is 0 Å². The second kappa shape index (κ2) is 6.20. The molecule has 4 N–H and O–H groups in total. The number of hydrogen-bond acceptors (Lipinski definition) is 3. The first-order chi connectivity index (χ1) is 8.08. The van der Waals surface area contributed by atoms with E-state index in [-0.39, 0.29) is 30.3 Å². The molecule has 1 aliphatic rings. The number of nitrogens with two attached hydrogens (primary N) is 1. The minimum absolute atomic E-state index is 0. The number of amides is 1. The van der Waals surface area contributed by atoms with Crippen molar-refractivity contribution in [2.45, 2.75) is 45.6 Å². The molecule has 2 unspecified atom stereocenters. The first-order valence-electron chi connectivity index (χ1n) is 6.16. The number of aromatic amines is 1. The lowest BCUT2D eigenvalue weighted by Crippen LogP contribution is -2.34. The highest BCUT2D eigenvalue weighted by Gasteiger charge is 2.26. The van der Waals surface area contributed by atoms with E-state index in [0.717, 1.165) is 42.8 Å². The molecule has 18 heavy (non-hydrogen) atoms. The van der Waals surface area contributed by atoms with Gasteiger partial charge in [0.25, 0.3) is 0 Å². The molecule has 0 radical (unpaired) electrons. The summed E-state index contributed by atoms with van der Waals surface area (Å²) in [5, 5.41) is 9.89. The van der Waals surface area contributed by atoms with Crippen molar-refractivity contribution >= 4 is 24.0 Å². The van der Waals surface area contributed by atoms with Crippen molar-refractivity contribution in [1.82, 2.24) is 10.2 Å². The van der Waals surface area contributed by atoms with Crippen LogP contribution in [0, 0.1) is 19.8 Å². The number of hydrogen-bond donors (Lipinski definition) is 3. The molecule has 1 fully saturated rings. The van der Waals surface area contributed by atoms with Crippen LogP contribution in [-0.4, -0.2) is 22.1 Å². The number of nitrogens with one attached hydrogen (secondary N) is 2. The van der Waals surface area contributed by atoms with Gasteiger partial charge in [-0.2, -0.15) is 5.10 Å². The van der Waals surface area contributed by atoms with Gasteiger partial charge in [0.15, 0.2) is 0 Å². The molecule has 5 nitrogen and oxygen atoms in total. The van der Waals surface area contributed by atoms with Crippen LogP contribution in [0.3, 0.4) is 0 Å². The van der Waals surface area contributed by atoms with Gasteiger partial charge in [-0.25, -0.2) is 0 Å². The molecule has 1 amide bonds. The number of halogens is 1. The van der Waals surface area contributed by atoms with Gasteiger partial charge in [-0.3, -0.25) is 9.89 Å². The summed E-state index contributed by atoms with van der Waals surface area (Å²) in [6, 6.07) is 0.172. The maximum absolute atomic E-state index is 12.1. The normalized spacial score (nSPS) is 23.3. The Kier molecular flexibility index (Phi) is 5.16. The minimum atomic E-state index is 0. The third-order valence-corrected chi connectivity index (χ3v) is 3.46. The number of anilines is 1. The molecule has 1 aliphatic carbocycles. The SMILES string of the molecule is Cc1n[nH]c(C)c1NC(=O)C1CCCC(N)C1.Cl. The topological polar surface area (TPSA) is 83.8 Å². The molecule has 1 heterocycles. The molecule has 1 aromatic rings. The molecule has 6 heteroatoms. The second-order valence-corrected chi connectivity index (χ2v) is 4.92. The Morgan fingerprint density at radius 2 is 2.17 bits per heavy atom. The van der Waals surface area contributed by atoms with Crippen LogP contribution >= 0.6 is 12.4 Å². The summed E-state index contributed by atoms with van der Waals surface area (Å²) in [7, 11) is 0. The number of carbonyl (C=O) groups excluding carboxylic acids is 1. The van der Waals surface area contributed by atoms with Crippen molar-refractivity contribution in [3.63, 3.8) is 0 Å². The van der Waals surface area contributed by atoms with Gasteiger partial charge in [0.05, 0.1) is 17.1 Å². The third kappa shape index (κ3) is 3.23. The average molecular weight is 273 g/mol. The Hall–Kier alpha value is -1.07. The van der Waals surface area contributed by atoms with Crippen LogP contribution in [0.2, 0.25) is 0 Å². The quantitative estimate of drug-likeness (QED) is 0.769. The predicted octanol–water partition coefficient (Wildman–Crippen LogP) is 1.90. The van der Waals surface area contributed by atoms with Crippen molar-refractivity contribution in [3.05, 3.63) is 11.4 Å². The summed E-state index contributed by atoms with van der Waals surface area (Å²) in [4.78, 5) is 12.1. The highest BCUT2D eigenvalue weighted by Crippen LogP contribution is 2.25. The van der Waals surface area contributed by atoms with Crippen molar-refractivity contribution in [2.75, 3.05) is 5.32 Å². The first-order valence-corrected chi connectivity index (χ1v) is 6.16. The lowest BCUT2D eigenvalue weighted by atomic mass is 9.85. The van der Waals surface area contributed by atoms with E-state index in [9.17, 15) is 4.79 Å². The molecule has 0 bridgehead atoms. The van der Waals surface area contributed by atoms with Crippen LogP contribution in [0.1, 0.15) is 37.1 Å². The highest BCUT2D eigenvalue weighted by atomic mass is 35.5. The van der Waals surface area contributed by atoms with E-state index in [1.807, 2.05) is 13.8 Å². The van der Waals surface area contributed by atoms with E-state index in [1.165, 1.54) is 0 Å². The summed E-state index contributed by atoms with van der Waals surface area (Å²) < 4.78 is 0. The minimum Gasteiger partial charge on any atom is -0.328 e. The summed E-state index contributed by atoms with van der Waals surface area (Å²) >= 11 is 0. The Labute approximate surface area is 113 Å². The van der Waals surface area contributed by atoms with Crippen LogP contribution in [-0.2, 0) is 4.79 Å². The van der Waals surface area contributed by atoms with E-state index in [2.05, 4.69) is 15.5 Å². The molecule has 0 aromatic carbocycles. The van der Waals surface area contributed by atoms with Gasteiger partial charge in [-0.1, -0.05) is 6.42 Å². The summed E-state index contributed by atoms with van der Waals surface area (Å²) in [6.45, 7) is 3.79. The van der Waals surface area contributed by atoms with E-state index in [1.54, 1.807) is 0 Å².